The van der Waals surface area contributed by atoms with Crippen LogP contribution in [0, 0.1) is 0 Å². The third-order valence-electron chi connectivity index (χ3n) is 4.58. The second-order valence-corrected chi connectivity index (χ2v) is 6.35. The Hall–Kier alpha value is -2.30. The van der Waals surface area contributed by atoms with E-state index in [1.165, 1.54) is 5.56 Å². The van der Waals surface area contributed by atoms with Crippen LogP contribution in [0.4, 0.5) is 0 Å². The van der Waals surface area contributed by atoms with Crippen molar-refractivity contribution in [2.45, 2.75) is 51.1 Å². The van der Waals surface area contributed by atoms with E-state index >= 15 is 0 Å². The van der Waals surface area contributed by atoms with Crippen molar-refractivity contribution in [2.75, 3.05) is 7.11 Å². The van der Waals surface area contributed by atoms with Crippen LogP contribution < -0.4 is 10.1 Å². The average molecular weight is 327 g/mol. The van der Waals surface area contributed by atoms with Gasteiger partial charge in [-0.05, 0) is 43.4 Å². The highest BCUT2D eigenvalue weighted by Gasteiger charge is 2.19. The van der Waals surface area contributed by atoms with Gasteiger partial charge in [0.2, 0.25) is 5.91 Å². The van der Waals surface area contributed by atoms with Crippen LogP contribution >= 0.6 is 0 Å². The van der Waals surface area contributed by atoms with Crippen LogP contribution in [0.25, 0.3) is 0 Å². The number of amides is 1. The van der Waals surface area contributed by atoms with Crippen molar-refractivity contribution < 1.29 is 9.53 Å². The summed E-state index contributed by atoms with van der Waals surface area (Å²) >= 11 is 0. The first-order chi connectivity index (χ1) is 11.7. The SMILES string of the molecule is COc1ccc(CCCCC(=O)NC2CCc3nccn3C2)cc1. The van der Waals surface area contributed by atoms with Gasteiger partial charge in [-0.2, -0.15) is 0 Å². The summed E-state index contributed by atoms with van der Waals surface area (Å²) in [4.78, 5) is 16.4. The van der Waals surface area contributed by atoms with Gasteiger partial charge in [-0.15, -0.1) is 0 Å². The molecule has 0 saturated carbocycles. The molecular weight excluding hydrogens is 302 g/mol. The molecule has 1 aromatic heterocycles. The zero-order chi connectivity index (χ0) is 16.8. The van der Waals surface area contributed by atoms with E-state index in [-0.39, 0.29) is 11.9 Å². The van der Waals surface area contributed by atoms with Gasteiger partial charge in [0.15, 0.2) is 0 Å². The number of aromatic nitrogens is 2. The standard InChI is InChI=1S/C19H25N3O2/c1-24-17-9-6-15(7-10-17)4-2-3-5-19(23)21-16-8-11-18-20-12-13-22(18)14-16/h6-7,9-10,12-13,16H,2-5,8,11,14H2,1H3,(H,21,23). The van der Waals surface area contributed by atoms with Gasteiger partial charge < -0.3 is 14.6 Å². The number of fused-ring (bicyclic) bond motifs is 1. The number of hydrogen-bond acceptors (Lipinski definition) is 3. The lowest BCUT2D eigenvalue weighted by Gasteiger charge is -2.24. The first-order valence-electron chi connectivity index (χ1n) is 8.67. The molecule has 1 atom stereocenters. The highest BCUT2D eigenvalue weighted by molar-refractivity contribution is 5.76. The molecule has 0 bridgehead atoms. The largest absolute Gasteiger partial charge is 0.497 e. The maximum Gasteiger partial charge on any atom is 0.220 e. The van der Waals surface area contributed by atoms with Crippen LogP contribution in [0.15, 0.2) is 36.7 Å². The number of nitrogens with zero attached hydrogens (tertiary/aromatic N) is 2. The number of ether oxygens (including phenoxy) is 1. The molecule has 1 aliphatic heterocycles. The van der Waals surface area contributed by atoms with Crippen molar-refractivity contribution in [3.63, 3.8) is 0 Å². The minimum absolute atomic E-state index is 0.165. The molecule has 2 aromatic rings. The molecule has 5 heteroatoms. The minimum Gasteiger partial charge on any atom is -0.497 e. The number of hydrogen-bond donors (Lipinski definition) is 1. The fraction of sp³-hybridized carbons (Fsp3) is 0.474. The summed E-state index contributed by atoms with van der Waals surface area (Å²) in [5.74, 6) is 2.17. The fourth-order valence-electron chi connectivity index (χ4n) is 3.19. The Morgan fingerprint density at radius 2 is 2.17 bits per heavy atom. The molecule has 5 nitrogen and oxygen atoms in total. The quantitative estimate of drug-likeness (QED) is 0.796. The molecule has 0 fully saturated rings. The predicted octanol–water partition coefficient (Wildman–Crippen LogP) is 2.74. The zero-order valence-corrected chi connectivity index (χ0v) is 14.2. The van der Waals surface area contributed by atoms with E-state index in [4.69, 9.17) is 4.74 Å². The Morgan fingerprint density at radius 3 is 2.96 bits per heavy atom. The van der Waals surface area contributed by atoms with Crippen molar-refractivity contribution in [1.82, 2.24) is 14.9 Å². The van der Waals surface area contributed by atoms with Crippen LogP contribution in [0.1, 0.15) is 37.1 Å². The summed E-state index contributed by atoms with van der Waals surface area (Å²) in [6.07, 6.45) is 9.28. The first kappa shape index (κ1) is 16.6. The number of benzene rings is 1. The highest BCUT2D eigenvalue weighted by atomic mass is 16.5. The van der Waals surface area contributed by atoms with Crippen LogP contribution in [0.2, 0.25) is 0 Å². The molecule has 24 heavy (non-hydrogen) atoms. The van der Waals surface area contributed by atoms with Gasteiger partial charge >= 0.3 is 0 Å². The van der Waals surface area contributed by atoms with E-state index in [1.807, 2.05) is 24.5 Å². The van der Waals surface area contributed by atoms with E-state index in [0.29, 0.717) is 6.42 Å². The third kappa shape index (κ3) is 4.37. The molecule has 1 unspecified atom stereocenters. The van der Waals surface area contributed by atoms with Crippen molar-refractivity contribution in [3.05, 3.63) is 48.0 Å². The molecule has 3 rings (SSSR count). The van der Waals surface area contributed by atoms with E-state index in [2.05, 4.69) is 27.0 Å². The van der Waals surface area contributed by atoms with E-state index in [9.17, 15) is 4.79 Å². The number of unbranched alkanes of at least 4 members (excludes halogenated alkanes) is 1. The molecule has 1 N–H and O–H groups in total. The number of carbonyl (C=O) groups excluding carboxylic acids is 1. The Bertz CT molecular complexity index is 664. The summed E-state index contributed by atoms with van der Waals surface area (Å²) < 4.78 is 7.29. The van der Waals surface area contributed by atoms with Crippen LogP contribution in [-0.2, 0) is 24.2 Å². The topological polar surface area (TPSA) is 56.1 Å². The molecule has 0 radical (unpaired) electrons. The minimum atomic E-state index is 0.165. The lowest BCUT2D eigenvalue weighted by molar-refractivity contribution is -0.122. The molecule has 128 valence electrons. The Kier molecular flexibility index (Phi) is 5.51. The molecule has 0 aliphatic carbocycles. The number of rotatable bonds is 7. The summed E-state index contributed by atoms with van der Waals surface area (Å²) in [6, 6.07) is 8.37. The van der Waals surface area contributed by atoms with Gasteiger partial charge in [0.1, 0.15) is 11.6 Å². The Labute approximate surface area is 143 Å². The normalized spacial score (nSPS) is 16.5. The summed E-state index contributed by atoms with van der Waals surface area (Å²) in [6.45, 7) is 0.840. The summed E-state index contributed by atoms with van der Waals surface area (Å²) in [5, 5.41) is 3.16. The Balaban J connectivity index is 1.34. The Morgan fingerprint density at radius 1 is 1.33 bits per heavy atom. The molecule has 1 aliphatic rings. The van der Waals surface area contributed by atoms with Crippen LogP contribution in [-0.4, -0.2) is 28.6 Å². The number of carbonyl (C=O) groups is 1. The third-order valence-corrected chi connectivity index (χ3v) is 4.58. The molecule has 0 saturated heterocycles. The van der Waals surface area contributed by atoms with Gasteiger partial charge in [-0.25, -0.2) is 4.98 Å². The van der Waals surface area contributed by atoms with Crippen molar-refractivity contribution >= 4 is 5.91 Å². The van der Waals surface area contributed by atoms with Crippen molar-refractivity contribution in [1.29, 1.82) is 0 Å². The fourth-order valence-corrected chi connectivity index (χ4v) is 3.19. The molecule has 1 amide bonds. The summed E-state index contributed by atoms with van der Waals surface area (Å²) in [5.41, 5.74) is 1.29. The van der Waals surface area contributed by atoms with E-state index in [0.717, 1.165) is 50.2 Å². The van der Waals surface area contributed by atoms with Gasteiger partial charge in [0.05, 0.1) is 7.11 Å². The molecule has 1 aromatic carbocycles. The van der Waals surface area contributed by atoms with Gasteiger partial charge in [-0.3, -0.25) is 4.79 Å². The van der Waals surface area contributed by atoms with Crippen molar-refractivity contribution in [2.24, 2.45) is 0 Å². The molecular formula is C19H25N3O2. The zero-order valence-electron chi connectivity index (χ0n) is 14.2. The van der Waals surface area contributed by atoms with E-state index in [1.54, 1.807) is 7.11 Å². The number of aryl methyl sites for hydroxylation is 2. The predicted molar refractivity (Wildman–Crippen MR) is 93.0 cm³/mol. The molecule has 2 heterocycles. The van der Waals surface area contributed by atoms with Crippen LogP contribution in [0.3, 0.4) is 0 Å². The smallest absolute Gasteiger partial charge is 0.220 e. The highest BCUT2D eigenvalue weighted by Crippen LogP contribution is 2.15. The summed E-state index contributed by atoms with van der Waals surface area (Å²) in [7, 11) is 1.67. The monoisotopic (exact) mass is 327 g/mol. The van der Waals surface area contributed by atoms with Gasteiger partial charge in [0, 0.05) is 37.8 Å². The molecule has 0 spiro atoms. The number of imidazole rings is 1. The lowest BCUT2D eigenvalue weighted by Crippen LogP contribution is -2.40. The van der Waals surface area contributed by atoms with Crippen molar-refractivity contribution in [3.8, 4) is 5.75 Å². The second kappa shape index (κ2) is 7.99. The van der Waals surface area contributed by atoms with Gasteiger partial charge in [0.25, 0.3) is 0 Å². The number of methoxy groups -OCH3 is 1. The second-order valence-electron chi connectivity index (χ2n) is 6.35. The maximum absolute atomic E-state index is 12.1. The van der Waals surface area contributed by atoms with E-state index < -0.39 is 0 Å². The van der Waals surface area contributed by atoms with Gasteiger partial charge in [-0.1, -0.05) is 12.1 Å². The van der Waals surface area contributed by atoms with Crippen LogP contribution in [0.5, 0.6) is 5.75 Å². The lowest BCUT2D eigenvalue weighted by atomic mass is 10.1. The number of nitrogens with one attached hydrogen (secondary N) is 1. The average Bonchev–Trinajstić information content (AvgIpc) is 3.07. The first-order valence-corrected chi connectivity index (χ1v) is 8.67. The maximum atomic E-state index is 12.1.